The largest absolute Gasteiger partial charge is 0.494 e. The third-order valence-corrected chi connectivity index (χ3v) is 12.2. The molecule has 0 aliphatic carbocycles. The summed E-state index contributed by atoms with van der Waals surface area (Å²) in [5, 5.41) is 10.0. The lowest BCUT2D eigenvalue weighted by atomic mass is 10.0. The molecule has 4 heterocycles. The summed E-state index contributed by atoms with van der Waals surface area (Å²) < 4.78 is 18.7. The zero-order valence-corrected chi connectivity index (χ0v) is 32.6. The molecule has 284 valence electrons. The molecule has 15 heteroatoms. The topological polar surface area (TPSA) is 135 Å². The number of imide groups is 1. The quantitative estimate of drug-likeness (QED) is 0.153. The van der Waals surface area contributed by atoms with Gasteiger partial charge in [-0.15, -0.1) is 0 Å². The fourth-order valence-corrected chi connectivity index (χ4v) is 8.80. The van der Waals surface area contributed by atoms with E-state index in [1.54, 1.807) is 25.3 Å². The van der Waals surface area contributed by atoms with Gasteiger partial charge >= 0.3 is 6.03 Å². The maximum absolute atomic E-state index is 12.9. The van der Waals surface area contributed by atoms with Gasteiger partial charge in [0.1, 0.15) is 17.9 Å². The second-order valence-corrected chi connectivity index (χ2v) is 17.9. The van der Waals surface area contributed by atoms with Crippen LogP contribution in [0.3, 0.4) is 0 Å². The number of piperidine rings is 1. The van der Waals surface area contributed by atoms with Crippen LogP contribution in [0.2, 0.25) is 5.02 Å². The molecule has 54 heavy (non-hydrogen) atoms. The van der Waals surface area contributed by atoms with Crippen LogP contribution in [0.4, 0.5) is 39.3 Å². The molecule has 0 radical (unpaired) electrons. The van der Waals surface area contributed by atoms with Crippen LogP contribution in [0.25, 0.3) is 0 Å². The van der Waals surface area contributed by atoms with Crippen molar-refractivity contribution in [2.45, 2.75) is 31.8 Å². The fourth-order valence-electron chi connectivity index (χ4n) is 7.51. The number of amides is 3. The number of hydrogen-bond acceptors (Lipinski definition) is 11. The van der Waals surface area contributed by atoms with Gasteiger partial charge in [-0.25, -0.2) is 9.78 Å². The smallest absolute Gasteiger partial charge is 0.328 e. The Labute approximate surface area is 321 Å². The van der Waals surface area contributed by atoms with Crippen molar-refractivity contribution in [2.24, 2.45) is 0 Å². The minimum atomic E-state index is -2.54. The Kier molecular flexibility index (Phi) is 11.4. The molecule has 0 atom stereocenters. The van der Waals surface area contributed by atoms with Crippen LogP contribution in [0.1, 0.15) is 24.8 Å². The van der Waals surface area contributed by atoms with Crippen molar-refractivity contribution in [3.63, 3.8) is 0 Å². The summed E-state index contributed by atoms with van der Waals surface area (Å²) in [4.78, 5) is 42.4. The summed E-state index contributed by atoms with van der Waals surface area (Å²) in [6.07, 6.45) is 4.01. The second-order valence-electron chi connectivity index (χ2n) is 14.3. The summed E-state index contributed by atoms with van der Waals surface area (Å²) in [7, 11) is -0.887. The van der Waals surface area contributed by atoms with E-state index in [1.807, 2.05) is 48.5 Å². The lowest BCUT2D eigenvalue weighted by Crippen LogP contribution is -2.53. The maximum atomic E-state index is 12.9. The minimum Gasteiger partial charge on any atom is -0.494 e. The molecule has 0 saturated carbocycles. The highest BCUT2D eigenvalue weighted by atomic mass is 35.5. The standard InChI is InChI=1S/C39H47ClN9O4P/c1-53-34-24-29(12-13-31(34)43-38-41-25-30(40)37(45-38)42-32-9-5-7-11-35(32)54(2,3)52)47-17-14-28(15-18-47)48-22-20-46(21-23-48)26-27-8-4-6-10-33(27)49-19-16-36(50)44-39(49)51/h4-13,24-25,28H,14-23,26H2,1-3H3,(H,44,50,51)(H2,41,42,43,45). The number of rotatable bonds is 11. The third kappa shape index (κ3) is 8.65. The molecule has 3 fully saturated rings. The first-order chi connectivity index (χ1) is 26.1. The molecule has 3 aliphatic rings. The zero-order valence-electron chi connectivity index (χ0n) is 30.9. The number of ether oxygens (including phenoxy) is 1. The number of methoxy groups -OCH3 is 1. The Balaban J connectivity index is 0.928. The van der Waals surface area contributed by atoms with E-state index in [0.29, 0.717) is 47.2 Å². The normalized spacial score (nSPS) is 17.7. The number of halogens is 1. The Bertz CT molecular complexity index is 2050. The van der Waals surface area contributed by atoms with Crippen molar-refractivity contribution in [1.29, 1.82) is 0 Å². The zero-order chi connectivity index (χ0) is 37.8. The number of nitrogens with one attached hydrogen (secondary N) is 3. The molecule has 0 bridgehead atoms. The molecule has 0 unspecified atom stereocenters. The van der Waals surface area contributed by atoms with E-state index in [-0.39, 0.29) is 11.9 Å². The van der Waals surface area contributed by atoms with Crippen molar-refractivity contribution >= 4 is 70.5 Å². The van der Waals surface area contributed by atoms with Crippen molar-refractivity contribution < 1.29 is 18.9 Å². The lowest BCUT2D eigenvalue weighted by molar-refractivity contribution is -0.120. The van der Waals surface area contributed by atoms with Gasteiger partial charge in [-0.2, -0.15) is 4.98 Å². The van der Waals surface area contributed by atoms with E-state index in [0.717, 1.165) is 86.6 Å². The number of piperazine rings is 1. The molecular formula is C39H47ClN9O4P. The number of para-hydroxylation sites is 2. The van der Waals surface area contributed by atoms with Gasteiger partial charge in [-0.05, 0) is 62.1 Å². The predicted molar refractivity (Wildman–Crippen MR) is 216 cm³/mol. The molecule has 1 aromatic heterocycles. The van der Waals surface area contributed by atoms with E-state index in [2.05, 4.69) is 58.8 Å². The number of carbonyl (C=O) groups is 2. The van der Waals surface area contributed by atoms with Crippen LogP contribution in [-0.4, -0.2) is 104 Å². The van der Waals surface area contributed by atoms with Crippen LogP contribution < -0.4 is 35.8 Å². The molecule has 3 aromatic carbocycles. The van der Waals surface area contributed by atoms with E-state index in [1.165, 1.54) is 6.20 Å². The van der Waals surface area contributed by atoms with Gasteiger partial charge in [-0.1, -0.05) is 41.9 Å². The average Bonchev–Trinajstić information content (AvgIpc) is 3.17. The van der Waals surface area contributed by atoms with Gasteiger partial charge in [0.25, 0.3) is 0 Å². The highest BCUT2D eigenvalue weighted by molar-refractivity contribution is 7.70. The number of benzene rings is 3. The van der Waals surface area contributed by atoms with Gasteiger partial charge < -0.3 is 24.8 Å². The Morgan fingerprint density at radius 1 is 0.907 bits per heavy atom. The molecule has 3 N–H and O–H groups in total. The molecule has 3 saturated heterocycles. The van der Waals surface area contributed by atoms with Crippen molar-refractivity contribution in [2.75, 3.05) is 86.7 Å². The molecule has 4 aromatic rings. The van der Waals surface area contributed by atoms with Crippen LogP contribution in [0.15, 0.2) is 72.9 Å². The van der Waals surface area contributed by atoms with Crippen molar-refractivity contribution in [3.8, 4) is 5.75 Å². The number of urea groups is 1. The number of nitrogens with zero attached hydrogens (tertiary/aromatic N) is 6. The van der Waals surface area contributed by atoms with Crippen LogP contribution in [0, 0.1) is 0 Å². The number of aromatic nitrogens is 2. The first-order valence-electron chi connectivity index (χ1n) is 18.4. The van der Waals surface area contributed by atoms with Crippen LogP contribution in [0.5, 0.6) is 5.75 Å². The first kappa shape index (κ1) is 37.6. The van der Waals surface area contributed by atoms with Crippen LogP contribution in [-0.2, 0) is 15.9 Å². The fraction of sp³-hybridized carbons (Fsp3) is 0.385. The second kappa shape index (κ2) is 16.4. The summed E-state index contributed by atoms with van der Waals surface area (Å²) in [6.45, 7) is 10.5. The summed E-state index contributed by atoms with van der Waals surface area (Å²) in [5.41, 5.74) is 4.50. The first-order valence-corrected chi connectivity index (χ1v) is 21.3. The molecule has 0 spiro atoms. The van der Waals surface area contributed by atoms with E-state index >= 15 is 0 Å². The summed E-state index contributed by atoms with van der Waals surface area (Å²) in [5.74, 6) is 1.21. The van der Waals surface area contributed by atoms with Gasteiger partial charge in [0.2, 0.25) is 11.9 Å². The van der Waals surface area contributed by atoms with Gasteiger partial charge in [-0.3, -0.25) is 24.8 Å². The molecule has 3 amide bonds. The Hall–Kier alpha value is -4.68. The highest BCUT2D eigenvalue weighted by Crippen LogP contribution is 2.39. The van der Waals surface area contributed by atoms with Crippen molar-refractivity contribution in [1.82, 2.24) is 25.1 Å². The minimum absolute atomic E-state index is 0.221. The maximum Gasteiger partial charge on any atom is 0.328 e. The van der Waals surface area contributed by atoms with E-state index in [9.17, 15) is 14.2 Å². The monoisotopic (exact) mass is 771 g/mol. The number of anilines is 6. The van der Waals surface area contributed by atoms with Gasteiger partial charge in [0, 0.05) is 87.6 Å². The molecule has 13 nitrogen and oxygen atoms in total. The summed E-state index contributed by atoms with van der Waals surface area (Å²) >= 11 is 6.47. The number of carbonyl (C=O) groups excluding carboxylic acids is 2. The lowest BCUT2D eigenvalue weighted by Gasteiger charge is -2.43. The van der Waals surface area contributed by atoms with E-state index < -0.39 is 7.14 Å². The number of hydrogen-bond donors (Lipinski definition) is 3. The van der Waals surface area contributed by atoms with E-state index in [4.69, 9.17) is 16.3 Å². The molecular weight excluding hydrogens is 725 g/mol. The van der Waals surface area contributed by atoms with Gasteiger partial charge in [0.15, 0.2) is 5.82 Å². The Morgan fingerprint density at radius 3 is 2.39 bits per heavy atom. The van der Waals surface area contributed by atoms with Crippen LogP contribution >= 0.6 is 18.7 Å². The third-order valence-electron chi connectivity index (χ3n) is 10.4. The SMILES string of the molecule is COc1cc(N2CCC(N3CCN(Cc4ccccc4N4CCC(=O)NC4=O)CC3)CC2)ccc1Nc1ncc(Cl)c(Nc2ccccc2P(C)(C)=O)n1. The summed E-state index contributed by atoms with van der Waals surface area (Å²) in [6, 6.07) is 21.8. The molecule has 3 aliphatic heterocycles. The van der Waals surface area contributed by atoms with Gasteiger partial charge in [0.05, 0.1) is 24.7 Å². The Morgan fingerprint density at radius 2 is 1.65 bits per heavy atom. The highest BCUT2D eigenvalue weighted by Gasteiger charge is 2.30. The predicted octanol–water partition coefficient (Wildman–Crippen LogP) is 6.11. The molecule has 7 rings (SSSR count). The van der Waals surface area contributed by atoms with Crippen molar-refractivity contribution in [3.05, 3.63) is 83.5 Å². The average molecular weight is 772 g/mol.